The van der Waals surface area contributed by atoms with E-state index in [0.29, 0.717) is 6.42 Å². The molecular weight excluding hydrogens is 250 g/mol. The third kappa shape index (κ3) is 3.99. The van der Waals surface area contributed by atoms with Crippen LogP contribution in [0.1, 0.15) is 37.3 Å². The fourth-order valence-electron chi connectivity index (χ4n) is 2.46. The van der Waals surface area contributed by atoms with Crippen LogP contribution in [0.3, 0.4) is 0 Å². The van der Waals surface area contributed by atoms with Crippen LogP contribution in [0, 0.1) is 12.8 Å². The topological polar surface area (TPSA) is 29.5 Å². The van der Waals surface area contributed by atoms with Crippen molar-refractivity contribution in [1.29, 1.82) is 0 Å². The number of hydrogen-bond acceptors (Lipinski definition) is 2. The summed E-state index contributed by atoms with van der Waals surface area (Å²) >= 11 is 0. The maximum absolute atomic E-state index is 12.4. The highest BCUT2D eigenvalue weighted by Crippen LogP contribution is 2.30. The highest BCUT2D eigenvalue weighted by Gasteiger charge is 2.26. The van der Waals surface area contributed by atoms with E-state index < -0.39 is 0 Å². The lowest BCUT2D eigenvalue weighted by atomic mass is 10.1. The Hall–Kier alpha value is -1.51. The van der Waals surface area contributed by atoms with Gasteiger partial charge in [-0.15, -0.1) is 0 Å². The zero-order chi connectivity index (χ0) is 14.5. The monoisotopic (exact) mass is 275 g/mol. The molecule has 20 heavy (non-hydrogen) atoms. The molecule has 1 aromatic carbocycles. The average molecular weight is 275 g/mol. The van der Waals surface area contributed by atoms with E-state index in [9.17, 15) is 4.79 Å². The number of ether oxygens (including phenoxy) is 1. The van der Waals surface area contributed by atoms with Crippen LogP contribution in [0.2, 0.25) is 0 Å². The van der Waals surface area contributed by atoms with Gasteiger partial charge in [-0.3, -0.25) is 4.79 Å². The van der Waals surface area contributed by atoms with Gasteiger partial charge in [0.1, 0.15) is 5.75 Å². The van der Waals surface area contributed by atoms with E-state index in [1.807, 2.05) is 30.0 Å². The Morgan fingerprint density at radius 1 is 1.40 bits per heavy atom. The number of hydrogen-bond donors (Lipinski definition) is 0. The van der Waals surface area contributed by atoms with E-state index in [-0.39, 0.29) is 5.91 Å². The van der Waals surface area contributed by atoms with Crippen LogP contribution in [0.4, 0.5) is 0 Å². The van der Waals surface area contributed by atoms with E-state index in [4.69, 9.17) is 4.74 Å². The summed E-state index contributed by atoms with van der Waals surface area (Å²) < 4.78 is 5.32. The molecule has 1 aliphatic carbocycles. The standard InChI is InChI=1S/C17H25NO2/c1-4-9-18(12-14-7-8-14)17(19)11-15-6-5-13(2)16(10-15)20-3/h5-6,10,14H,4,7-9,11-12H2,1-3H3. The van der Waals surface area contributed by atoms with E-state index in [2.05, 4.69) is 6.92 Å². The number of rotatable bonds is 7. The smallest absolute Gasteiger partial charge is 0.227 e. The van der Waals surface area contributed by atoms with Crippen LogP contribution < -0.4 is 4.74 Å². The Balaban J connectivity index is 2.00. The van der Waals surface area contributed by atoms with Crippen LogP contribution in [0.15, 0.2) is 18.2 Å². The number of carbonyl (C=O) groups is 1. The summed E-state index contributed by atoms with van der Waals surface area (Å²) in [5.41, 5.74) is 2.14. The van der Waals surface area contributed by atoms with Gasteiger partial charge in [-0.05, 0) is 49.3 Å². The van der Waals surface area contributed by atoms with E-state index >= 15 is 0 Å². The molecule has 0 atom stereocenters. The first-order valence-corrected chi connectivity index (χ1v) is 7.55. The molecule has 1 amide bonds. The lowest BCUT2D eigenvalue weighted by Gasteiger charge is -2.22. The van der Waals surface area contributed by atoms with Gasteiger partial charge in [0.05, 0.1) is 13.5 Å². The van der Waals surface area contributed by atoms with Gasteiger partial charge >= 0.3 is 0 Å². The predicted molar refractivity (Wildman–Crippen MR) is 81.0 cm³/mol. The third-order valence-corrected chi connectivity index (χ3v) is 3.85. The first-order valence-electron chi connectivity index (χ1n) is 7.55. The summed E-state index contributed by atoms with van der Waals surface area (Å²) in [4.78, 5) is 14.5. The predicted octanol–water partition coefficient (Wildman–Crippen LogP) is 3.19. The minimum absolute atomic E-state index is 0.240. The minimum Gasteiger partial charge on any atom is -0.496 e. The van der Waals surface area contributed by atoms with Crippen molar-refractivity contribution in [3.8, 4) is 5.75 Å². The average Bonchev–Trinajstić information content (AvgIpc) is 3.24. The summed E-state index contributed by atoms with van der Waals surface area (Å²) in [5.74, 6) is 1.85. The van der Waals surface area contributed by atoms with Crippen molar-refractivity contribution in [2.45, 2.75) is 39.5 Å². The lowest BCUT2D eigenvalue weighted by molar-refractivity contribution is -0.130. The highest BCUT2D eigenvalue weighted by atomic mass is 16.5. The molecule has 0 heterocycles. The van der Waals surface area contributed by atoms with Gasteiger partial charge in [-0.25, -0.2) is 0 Å². The quantitative estimate of drug-likeness (QED) is 0.765. The molecule has 0 aliphatic heterocycles. The maximum atomic E-state index is 12.4. The lowest BCUT2D eigenvalue weighted by Crippen LogP contribution is -2.34. The van der Waals surface area contributed by atoms with Gasteiger partial charge in [0.2, 0.25) is 5.91 Å². The Kier molecular flexibility index (Phi) is 5.05. The fraction of sp³-hybridized carbons (Fsp3) is 0.588. The molecule has 0 aromatic heterocycles. The molecule has 0 unspecified atom stereocenters. The number of amides is 1. The molecule has 1 aromatic rings. The Morgan fingerprint density at radius 2 is 2.15 bits per heavy atom. The van der Waals surface area contributed by atoms with Gasteiger partial charge in [-0.2, -0.15) is 0 Å². The molecule has 0 bridgehead atoms. The number of nitrogens with zero attached hydrogens (tertiary/aromatic N) is 1. The maximum Gasteiger partial charge on any atom is 0.227 e. The number of carbonyl (C=O) groups excluding carboxylic acids is 1. The van der Waals surface area contributed by atoms with Crippen LogP contribution in [0.25, 0.3) is 0 Å². The summed E-state index contributed by atoms with van der Waals surface area (Å²) in [7, 11) is 1.67. The zero-order valence-corrected chi connectivity index (χ0v) is 12.8. The molecule has 1 saturated carbocycles. The number of aryl methyl sites for hydroxylation is 1. The molecular formula is C17H25NO2. The Morgan fingerprint density at radius 3 is 2.75 bits per heavy atom. The molecule has 0 spiro atoms. The number of benzene rings is 1. The van der Waals surface area contributed by atoms with Crippen LogP contribution in [-0.2, 0) is 11.2 Å². The van der Waals surface area contributed by atoms with Gasteiger partial charge in [0.15, 0.2) is 0 Å². The molecule has 0 saturated heterocycles. The van der Waals surface area contributed by atoms with Crippen LogP contribution in [-0.4, -0.2) is 31.0 Å². The van der Waals surface area contributed by atoms with Crippen molar-refractivity contribution in [2.75, 3.05) is 20.2 Å². The summed E-state index contributed by atoms with van der Waals surface area (Å²) in [6.07, 6.45) is 4.07. The second kappa shape index (κ2) is 6.78. The molecule has 0 N–H and O–H groups in total. The van der Waals surface area contributed by atoms with E-state index in [1.165, 1.54) is 12.8 Å². The first-order chi connectivity index (χ1) is 9.63. The van der Waals surface area contributed by atoms with Crippen molar-refractivity contribution in [3.05, 3.63) is 29.3 Å². The van der Waals surface area contributed by atoms with E-state index in [1.54, 1.807) is 7.11 Å². The second-order valence-corrected chi connectivity index (χ2v) is 5.76. The first kappa shape index (κ1) is 14.9. The largest absolute Gasteiger partial charge is 0.496 e. The molecule has 3 heteroatoms. The van der Waals surface area contributed by atoms with Gasteiger partial charge in [0.25, 0.3) is 0 Å². The second-order valence-electron chi connectivity index (χ2n) is 5.76. The van der Waals surface area contributed by atoms with Crippen LogP contribution in [0.5, 0.6) is 5.75 Å². The SMILES string of the molecule is CCCN(CC1CC1)C(=O)Cc1ccc(C)c(OC)c1. The van der Waals surface area contributed by atoms with Crippen molar-refractivity contribution in [2.24, 2.45) is 5.92 Å². The zero-order valence-electron chi connectivity index (χ0n) is 12.8. The summed E-state index contributed by atoms with van der Waals surface area (Å²) in [6, 6.07) is 6.03. The summed E-state index contributed by atoms with van der Waals surface area (Å²) in [5, 5.41) is 0. The molecule has 2 rings (SSSR count). The van der Waals surface area contributed by atoms with Crippen molar-refractivity contribution in [3.63, 3.8) is 0 Å². The van der Waals surface area contributed by atoms with Gasteiger partial charge in [-0.1, -0.05) is 19.1 Å². The van der Waals surface area contributed by atoms with Crippen molar-refractivity contribution in [1.82, 2.24) is 4.90 Å². The molecule has 110 valence electrons. The fourth-order valence-corrected chi connectivity index (χ4v) is 2.46. The van der Waals surface area contributed by atoms with Gasteiger partial charge < -0.3 is 9.64 Å². The van der Waals surface area contributed by atoms with Crippen molar-refractivity contribution < 1.29 is 9.53 Å². The van der Waals surface area contributed by atoms with Crippen molar-refractivity contribution >= 4 is 5.91 Å². The highest BCUT2D eigenvalue weighted by molar-refractivity contribution is 5.79. The Labute approximate surface area is 121 Å². The van der Waals surface area contributed by atoms with Gasteiger partial charge in [0, 0.05) is 13.1 Å². The molecule has 3 nitrogen and oxygen atoms in total. The Bertz CT molecular complexity index is 466. The van der Waals surface area contributed by atoms with Crippen LogP contribution >= 0.6 is 0 Å². The molecule has 1 aliphatic rings. The molecule has 1 fully saturated rings. The minimum atomic E-state index is 0.240. The number of methoxy groups -OCH3 is 1. The third-order valence-electron chi connectivity index (χ3n) is 3.85. The summed E-state index contributed by atoms with van der Waals surface area (Å²) in [6.45, 7) is 5.96. The normalized spacial score (nSPS) is 14.2. The molecule has 0 radical (unpaired) electrons. The van der Waals surface area contributed by atoms with E-state index in [0.717, 1.165) is 42.3 Å².